The van der Waals surface area contributed by atoms with Gasteiger partial charge in [0.15, 0.2) is 0 Å². The van der Waals surface area contributed by atoms with E-state index >= 15 is 0 Å². The molecule has 0 spiro atoms. The highest BCUT2D eigenvalue weighted by Crippen LogP contribution is 2.07. The topological polar surface area (TPSA) is 15.7 Å². The maximum atomic E-state index is 6.21. The Labute approximate surface area is 130 Å². The first-order chi connectivity index (χ1) is 10.2. The molecule has 0 atom stereocenters. The van der Waals surface area contributed by atoms with Gasteiger partial charge in [-0.15, -0.1) is 0 Å². The van der Waals surface area contributed by atoms with Crippen molar-refractivity contribution in [1.29, 1.82) is 0 Å². The highest BCUT2D eigenvalue weighted by atomic mass is 16.5. The van der Waals surface area contributed by atoms with Gasteiger partial charge in [-0.3, -0.25) is 0 Å². The van der Waals surface area contributed by atoms with E-state index in [9.17, 15) is 0 Å². The second-order valence-electron chi connectivity index (χ2n) is 5.39. The standard InChI is InChI=1S/C18H32N2O/c1-5-19(6-2)14-18(15-20(7-3)8-4)21-16-17-12-10-9-11-13-17/h9-13,18H,5-8,14-16H2,1-4H3. The smallest absolute Gasteiger partial charge is 0.0833 e. The predicted molar refractivity (Wildman–Crippen MR) is 90.6 cm³/mol. The summed E-state index contributed by atoms with van der Waals surface area (Å²) < 4.78 is 6.21. The molecule has 0 unspecified atom stereocenters. The van der Waals surface area contributed by atoms with Gasteiger partial charge in [0.1, 0.15) is 0 Å². The Bertz CT molecular complexity index is 333. The Morgan fingerprint density at radius 1 is 0.810 bits per heavy atom. The molecule has 0 bridgehead atoms. The molecule has 0 saturated carbocycles. The quantitative estimate of drug-likeness (QED) is 0.622. The third-order valence-corrected chi connectivity index (χ3v) is 4.04. The van der Waals surface area contributed by atoms with Gasteiger partial charge in [-0.05, 0) is 31.7 Å². The van der Waals surface area contributed by atoms with Gasteiger partial charge in [0.05, 0.1) is 12.7 Å². The largest absolute Gasteiger partial charge is 0.371 e. The predicted octanol–water partition coefficient (Wildman–Crippen LogP) is 3.26. The summed E-state index contributed by atoms with van der Waals surface area (Å²) in [5.41, 5.74) is 1.25. The Kier molecular flexibility index (Phi) is 9.31. The van der Waals surface area contributed by atoms with Crippen LogP contribution < -0.4 is 0 Å². The van der Waals surface area contributed by atoms with Crippen molar-refractivity contribution < 1.29 is 4.74 Å². The number of ether oxygens (including phenoxy) is 1. The van der Waals surface area contributed by atoms with Crippen molar-refractivity contribution >= 4 is 0 Å². The van der Waals surface area contributed by atoms with E-state index in [0.717, 1.165) is 39.3 Å². The van der Waals surface area contributed by atoms with Crippen LogP contribution in [0.4, 0.5) is 0 Å². The third-order valence-electron chi connectivity index (χ3n) is 4.04. The molecule has 0 aliphatic carbocycles. The van der Waals surface area contributed by atoms with Crippen LogP contribution in [0.25, 0.3) is 0 Å². The lowest BCUT2D eigenvalue weighted by molar-refractivity contribution is -0.00299. The van der Waals surface area contributed by atoms with Gasteiger partial charge in [0, 0.05) is 13.1 Å². The molecule has 120 valence electrons. The van der Waals surface area contributed by atoms with E-state index in [4.69, 9.17) is 4.74 Å². The lowest BCUT2D eigenvalue weighted by Gasteiger charge is -2.29. The Morgan fingerprint density at radius 2 is 1.29 bits per heavy atom. The first-order valence-electron chi connectivity index (χ1n) is 8.33. The van der Waals surface area contributed by atoms with Gasteiger partial charge in [-0.2, -0.15) is 0 Å². The van der Waals surface area contributed by atoms with Crippen molar-refractivity contribution in [2.24, 2.45) is 0 Å². The lowest BCUT2D eigenvalue weighted by Crippen LogP contribution is -2.41. The van der Waals surface area contributed by atoms with Crippen LogP contribution in [0.3, 0.4) is 0 Å². The number of nitrogens with zero attached hydrogens (tertiary/aromatic N) is 2. The molecule has 0 N–H and O–H groups in total. The van der Waals surface area contributed by atoms with E-state index in [1.807, 2.05) is 6.07 Å². The minimum absolute atomic E-state index is 0.269. The second kappa shape index (κ2) is 10.8. The normalized spacial score (nSPS) is 11.8. The molecule has 0 radical (unpaired) electrons. The fourth-order valence-electron chi connectivity index (χ4n) is 2.49. The Morgan fingerprint density at radius 3 is 1.71 bits per heavy atom. The Balaban J connectivity index is 2.57. The summed E-state index contributed by atoms with van der Waals surface area (Å²) in [6.45, 7) is 15.9. The van der Waals surface area contributed by atoms with E-state index in [1.54, 1.807) is 0 Å². The van der Waals surface area contributed by atoms with Crippen molar-refractivity contribution in [3.05, 3.63) is 35.9 Å². The average molecular weight is 292 g/mol. The van der Waals surface area contributed by atoms with Crippen molar-refractivity contribution in [3.8, 4) is 0 Å². The van der Waals surface area contributed by atoms with Crippen LogP contribution in [-0.4, -0.2) is 55.2 Å². The fourth-order valence-corrected chi connectivity index (χ4v) is 2.49. The highest BCUT2D eigenvalue weighted by molar-refractivity contribution is 5.13. The zero-order valence-electron chi connectivity index (χ0n) is 14.2. The summed E-state index contributed by atoms with van der Waals surface area (Å²) in [6.07, 6.45) is 0.269. The van der Waals surface area contributed by atoms with Gasteiger partial charge < -0.3 is 14.5 Å². The van der Waals surface area contributed by atoms with Gasteiger partial charge in [0.25, 0.3) is 0 Å². The molecule has 0 aliphatic rings. The van der Waals surface area contributed by atoms with Crippen LogP contribution in [0.1, 0.15) is 33.3 Å². The zero-order valence-corrected chi connectivity index (χ0v) is 14.2. The van der Waals surface area contributed by atoms with Crippen LogP contribution in [0, 0.1) is 0 Å². The minimum Gasteiger partial charge on any atom is -0.371 e. The van der Waals surface area contributed by atoms with Gasteiger partial charge >= 0.3 is 0 Å². The summed E-state index contributed by atoms with van der Waals surface area (Å²) >= 11 is 0. The fraction of sp³-hybridized carbons (Fsp3) is 0.667. The summed E-state index contributed by atoms with van der Waals surface area (Å²) in [6, 6.07) is 10.5. The molecule has 0 aliphatic heterocycles. The van der Waals surface area contributed by atoms with Crippen LogP contribution in [0.15, 0.2) is 30.3 Å². The van der Waals surface area contributed by atoms with Crippen LogP contribution in [0.5, 0.6) is 0 Å². The third kappa shape index (κ3) is 7.07. The summed E-state index contributed by atoms with van der Waals surface area (Å²) in [4.78, 5) is 4.89. The number of benzene rings is 1. The van der Waals surface area contributed by atoms with E-state index in [0.29, 0.717) is 6.61 Å². The van der Waals surface area contributed by atoms with Crippen molar-refractivity contribution in [2.75, 3.05) is 39.3 Å². The Hall–Kier alpha value is -0.900. The maximum Gasteiger partial charge on any atom is 0.0833 e. The SMILES string of the molecule is CCN(CC)CC(CN(CC)CC)OCc1ccccc1. The molecule has 0 saturated heterocycles. The zero-order chi connectivity index (χ0) is 15.5. The summed E-state index contributed by atoms with van der Waals surface area (Å²) in [5.74, 6) is 0. The van der Waals surface area contributed by atoms with E-state index in [1.165, 1.54) is 5.56 Å². The molecule has 1 aromatic rings. The molecular formula is C18H32N2O. The number of hydrogen-bond donors (Lipinski definition) is 0. The van der Waals surface area contributed by atoms with E-state index < -0.39 is 0 Å². The van der Waals surface area contributed by atoms with Crippen LogP contribution in [-0.2, 0) is 11.3 Å². The molecule has 21 heavy (non-hydrogen) atoms. The van der Waals surface area contributed by atoms with E-state index in [2.05, 4.69) is 61.8 Å². The highest BCUT2D eigenvalue weighted by Gasteiger charge is 2.16. The minimum atomic E-state index is 0.269. The van der Waals surface area contributed by atoms with Crippen LogP contribution in [0.2, 0.25) is 0 Å². The molecule has 1 aromatic carbocycles. The maximum absolute atomic E-state index is 6.21. The molecule has 1 rings (SSSR count). The van der Waals surface area contributed by atoms with Gasteiger partial charge in [-0.1, -0.05) is 58.0 Å². The van der Waals surface area contributed by atoms with Crippen LogP contribution >= 0.6 is 0 Å². The monoisotopic (exact) mass is 292 g/mol. The number of hydrogen-bond acceptors (Lipinski definition) is 3. The van der Waals surface area contributed by atoms with E-state index in [-0.39, 0.29) is 6.10 Å². The molecule has 0 aromatic heterocycles. The van der Waals surface area contributed by atoms with Crippen molar-refractivity contribution in [2.45, 2.75) is 40.4 Å². The van der Waals surface area contributed by atoms with Gasteiger partial charge in [-0.25, -0.2) is 0 Å². The molecular weight excluding hydrogens is 260 g/mol. The molecule has 0 amide bonds. The molecule has 0 fully saturated rings. The van der Waals surface area contributed by atoms with Crippen molar-refractivity contribution in [3.63, 3.8) is 0 Å². The molecule has 3 nitrogen and oxygen atoms in total. The number of rotatable bonds is 11. The number of likely N-dealkylation sites (N-methyl/N-ethyl adjacent to an activating group) is 2. The second-order valence-corrected chi connectivity index (χ2v) is 5.39. The summed E-state index contributed by atoms with van der Waals surface area (Å²) in [5, 5.41) is 0. The lowest BCUT2D eigenvalue weighted by atomic mass is 10.2. The summed E-state index contributed by atoms with van der Waals surface area (Å²) in [7, 11) is 0. The first-order valence-corrected chi connectivity index (χ1v) is 8.33. The average Bonchev–Trinajstić information content (AvgIpc) is 2.55. The molecule has 3 heteroatoms. The molecule has 0 heterocycles. The first kappa shape index (κ1) is 18.1. The van der Waals surface area contributed by atoms with Gasteiger partial charge in [0.2, 0.25) is 0 Å². The van der Waals surface area contributed by atoms with Crippen molar-refractivity contribution in [1.82, 2.24) is 9.80 Å².